The van der Waals surface area contributed by atoms with Crippen LogP contribution in [0.4, 0.5) is 0 Å². The zero-order valence-corrected chi connectivity index (χ0v) is 11.8. The molecule has 0 amide bonds. The lowest BCUT2D eigenvalue weighted by Gasteiger charge is -2.21. The molecule has 0 saturated carbocycles. The average molecular weight is 236 g/mol. The second-order valence-electron chi connectivity index (χ2n) is 5.19. The van der Waals surface area contributed by atoms with Gasteiger partial charge in [-0.25, -0.2) is 0 Å². The minimum Gasteiger partial charge on any atom is -0.378 e. The van der Waals surface area contributed by atoms with Gasteiger partial charge in [-0.1, -0.05) is 37.7 Å². The fraction of sp³-hybridized carbons (Fsp3) is 0.571. The summed E-state index contributed by atoms with van der Waals surface area (Å²) in [5.41, 5.74) is 2.39. The van der Waals surface area contributed by atoms with Crippen molar-refractivity contribution in [3.8, 4) is 11.5 Å². The van der Waals surface area contributed by atoms with Crippen LogP contribution >= 0.6 is 0 Å². The first-order valence-electron chi connectivity index (χ1n) is 5.81. The van der Waals surface area contributed by atoms with Crippen molar-refractivity contribution in [1.29, 1.82) is 0 Å². The molecule has 1 N–H and O–H groups in total. The van der Waals surface area contributed by atoms with Gasteiger partial charge in [0.15, 0.2) is 0 Å². The van der Waals surface area contributed by atoms with E-state index in [0.717, 1.165) is 12.8 Å². The quantitative estimate of drug-likeness (QED) is 0.425. The van der Waals surface area contributed by atoms with Gasteiger partial charge in [-0.15, -0.1) is 18.7 Å². The second kappa shape index (κ2) is 6.73. The van der Waals surface area contributed by atoms with Crippen molar-refractivity contribution in [3.63, 3.8) is 0 Å². The maximum absolute atomic E-state index is 10.4. The Bertz CT molecular complexity index is 276. The summed E-state index contributed by atoms with van der Waals surface area (Å²) in [5.74, 6) is 3.08. The Morgan fingerprint density at radius 2 is 1.56 bits per heavy atom. The molecule has 0 aromatic carbocycles. The molecular formula is C14H24OSi. The molecule has 0 aromatic rings. The molecule has 1 nitrogen and oxygen atoms in total. The first kappa shape index (κ1) is 15.2. The molecule has 0 unspecified atom stereocenters. The van der Waals surface area contributed by atoms with Gasteiger partial charge in [-0.2, -0.15) is 0 Å². The first-order chi connectivity index (χ1) is 7.33. The molecule has 0 aliphatic rings. The molecule has 0 bridgehead atoms. The monoisotopic (exact) mass is 236 g/mol. The largest absolute Gasteiger partial charge is 0.378 e. The van der Waals surface area contributed by atoms with E-state index >= 15 is 0 Å². The lowest BCUT2D eigenvalue weighted by atomic mass is 9.93. The predicted molar refractivity (Wildman–Crippen MR) is 74.9 cm³/mol. The molecule has 2 heteroatoms. The second-order valence-corrected chi connectivity index (χ2v) is 9.94. The van der Waals surface area contributed by atoms with Crippen LogP contribution in [0.5, 0.6) is 0 Å². The normalized spacial score (nSPS) is 11.5. The van der Waals surface area contributed by atoms with E-state index in [1.54, 1.807) is 0 Å². The molecular weight excluding hydrogens is 212 g/mol. The van der Waals surface area contributed by atoms with Gasteiger partial charge < -0.3 is 5.11 Å². The van der Waals surface area contributed by atoms with Crippen molar-refractivity contribution in [1.82, 2.24) is 0 Å². The van der Waals surface area contributed by atoms with Gasteiger partial charge in [0.05, 0.1) is 0 Å². The standard InChI is InChI=1S/C14H24OSi/c1-6-8-10-14(15,11-9-7-2)12-13-16(3,4)5/h6-7,15H,1-2,8-11H2,3-5H3. The van der Waals surface area contributed by atoms with E-state index in [2.05, 4.69) is 44.3 Å². The van der Waals surface area contributed by atoms with Crippen LogP contribution in [0.3, 0.4) is 0 Å². The van der Waals surface area contributed by atoms with Crippen LogP contribution in [0.15, 0.2) is 25.3 Å². The van der Waals surface area contributed by atoms with E-state index < -0.39 is 13.7 Å². The molecule has 0 aliphatic heterocycles. The molecule has 16 heavy (non-hydrogen) atoms. The van der Waals surface area contributed by atoms with E-state index in [9.17, 15) is 5.11 Å². The molecule has 0 rings (SSSR count). The Morgan fingerprint density at radius 1 is 1.12 bits per heavy atom. The first-order valence-corrected chi connectivity index (χ1v) is 9.31. The SMILES string of the molecule is C=CCCC(O)(C#C[Si](C)(C)C)CCC=C. The number of hydrogen-bond donors (Lipinski definition) is 1. The minimum absolute atomic E-state index is 0.668. The van der Waals surface area contributed by atoms with Crippen molar-refractivity contribution in [2.24, 2.45) is 0 Å². The molecule has 0 spiro atoms. The number of aliphatic hydroxyl groups is 1. The van der Waals surface area contributed by atoms with Crippen LogP contribution in [-0.4, -0.2) is 18.8 Å². The Kier molecular flexibility index (Phi) is 6.40. The fourth-order valence-corrected chi connectivity index (χ4v) is 1.84. The van der Waals surface area contributed by atoms with Crippen molar-refractivity contribution >= 4 is 8.07 Å². The van der Waals surface area contributed by atoms with Crippen LogP contribution < -0.4 is 0 Å². The van der Waals surface area contributed by atoms with Gasteiger partial charge in [-0.05, 0) is 25.7 Å². The van der Waals surface area contributed by atoms with Crippen LogP contribution in [0, 0.1) is 11.5 Å². The van der Waals surface area contributed by atoms with Crippen molar-refractivity contribution in [2.75, 3.05) is 0 Å². The number of allylic oxidation sites excluding steroid dienone is 2. The summed E-state index contributed by atoms with van der Waals surface area (Å²) in [7, 11) is -1.42. The topological polar surface area (TPSA) is 20.2 Å². The van der Waals surface area contributed by atoms with E-state index in [4.69, 9.17) is 0 Å². The fourth-order valence-electron chi connectivity index (χ4n) is 1.24. The van der Waals surface area contributed by atoms with Crippen molar-refractivity contribution in [2.45, 2.75) is 50.9 Å². The lowest BCUT2D eigenvalue weighted by molar-refractivity contribution is 0.0845. The smallest absolute Gasteiger partial charge is 0.129 e. The molecule has 90 valence electrons. The van der Waals surface area contributed by atoms with Crippen LogP contribution in [0.1, 0.15) is 25.7 Å². The van der Waals surface area contributed by atoms with E-state index in [1.807, 2.05) is 12.2 Å². The van der Waals surface area contributed by atoms with Gasteiger partial charge >= 0.3 is 0 Å². The van der Waals surface area contributed by atoms with E-state index in [1.165, 1.54) is 0 Å². The van der Waals surface area contributed by atoms with E-state index in [-0.39, 0.29) is 0 Å². The molecule has 0 saturated heterocycles. The van der Waals surface area contributed by atoms with Gasteiger partial charge in [-0.3, -0.25) is 0 Å². The maximum Gasteiger partial charge on any atom is 0.129 e. The summed E-state index contributed by atoms with van der Waals surface area (Å²) >= 11 is 0. The zero-order valence-electron chi connectivity index (χ0n) is 10.8. The maximum atomic E-state index is 10.4. The summed E-state index contributed by atoms with van der Waals surface area (Å²) < 4.78 is 0. The summed E-state index contributed by atoms with van der Waals surface area (Å²) in [4.78, 5) is 0. The Hall–Kier alpha value is -0.783. The molecule has 0 aromatic heterocycles. The molecule has 0 aliphatic carbocycles. The highest BCUT2D eigenvalue weighted by Crippen LogP contribution is 2.19. The highest BCUT2D eigenvalue weighted by molar-refractivity contribution is 6.83. The van der Waals surface area contributed by atoms with Crippen molar-refractivity contribution in [3.05, 3.63) is 25.3 Å². The highest BCUT2D eigenvalue weighted by atomic mass is 28.3. The molecule has 0 atom stereocenters. The Balaban J connectivity index is 4.67. The third-order valence-electron chi connectivity index (χ3n) is 2.19. The van der Waals surface area contributed by atoms with Crippen LogP contribution in [0.2, 0.25) is 19.6 Å². The van der Waals surface area contributed by atoms with Gasteiger partial charge in [0.1, 0.15) is 13.7 Å². The Labute approximate surface area is 101 Å². The van der Waals surface area contributed by atoms with Crippen LogP contribution in [-0.2, 0) is 0 Å². The van der Waals surface area contributed by atoms with E-state index in [0.29, 0.717) is 12.8 Å². The molecule has 0 heterocycles. The summed E-state index contributed by atoms with van der Waals surface area (Å²) in [6.45, 7) is 13.9. The van der Waals surface area contributed by atoms with Gasteiger partial charge in [0.25, 0.3) is 0 Å². The third-order valence-corrected chi connectivity index (χ3v) is 3.07. The van der Waals surface area contributed by atoms with Crippen LogP contribution in [0.25, 0.3) is 0 Å². The Morgan fingerprint density at radius 3 is 1.88 bits per heavy atom. The van der Waals surface area contributed by atoms with Gasteiger partial charge in [0, 0.05) is 0 Å². The predicted octanol–water partition coefficient (Wildman–Crippen LogP) is 3.53. The number of hydrogen-bond acceptors (Lipinski definition) is 1. The molecule has 0 fully saturated rings. The van der Waals surface area contributed by atoms with Crippen molar-refractivity contribution < 1.29 is 5.11 Å². The third kappa shape index (κ3) is 7.50. The summed E-state index contributed by atoms with van der Waals surface area (Å²) in [5, 5.41) is 10.4. The summed E-state index contributed by atoms with van der Waals surface area (Å²) in [6.07, 6.45) is 6.59. The minimum atomic E-state index is -1.42. The number of rotatable bonds is 6. The molecule has 0 radical (unpaired) electrons. The summed E-state index contributed by atoms with van der Waals surface area (Å²) in [6, 6.07) is 0. The zero-order chi connectivity index (χ0) is 12.7. The van der Waals surface area contributed by atoms with Gasteiger partial charge in [0.2, 0.25) is 0 Å². The average Bonchev–Trinajstić information content (AvgIpc) is 2.20. The highest BCUT2D eigenvalue weighted by Gasteiger charge is 2.23. The lowest BCUT2D eigenvalue weighted by Crippen LogP contribution is -2.28.